The number of benzene rings is 1. The lowest BCUT2D eigenvalue weighted by Gasteiger charge is -2.34. The van der Waals surface area contributed by atoms with Gasteiger partial charge in [0, 0.05) is 51.0 Å². The molecule has 0 amide bonds. The number of allylic oxidation sites excluding steroid dienone is 1. The Morgan fingerprint density at radius 3 is 2.69 bits per heavy atom. The lowest BCUT2D eigenvalue weighted by Crippen LogP contribution is -2.38. The number of aryl methyl sites for hydroxylation is 1. The van der Waals surface area contributed by atoms with Crippen LogP contribution in [0.25, 0.3) is 11.0 Å². The predicted octanol–water partition coefficient (Wildman–Crippen LogP) is 4.18. The van der Waals surface area contributed by atoms with Gasteiger partial charge in [-0.05, 0) is 50.2 Å². The first-order valence-electron chi connectivity index (χ1n) is 12.9. The van der Waals surface area contributed by atoms with Crippen molar-refractivity contribution in [1.29, 1.82) is 0 Å². The van der Waals surface area contributed by atoms with E-state index in [2.05, 4.69) is 75.3 Å². The van der Waals surface area contributed by atoms with Crippen molar-refractivity contribution in [2.75, 3.05) is 43.4 Å². The minimum absolute atomic E-state index is 0.387. The van der Waals surface area contributed by atoms with Crippen molar-refractivity contribution in [2.45, 2.75) is 52.6 Å². The number of nitrogens with zero attached hydrogens (tertiary/aromatic N) is 5. The Morgan fingerprint density at radius 1 is 1.14 bits per heavy atom. The van der Waals surface area contributed by atoms with Crippen LogP contribution >= 0.6 is 0 Å². The molecule has 0 radical (unpaired) electrons. The smallest absolute Gasteiger partial charge is 0.174 e. The molecule has 1 unspecified atom stereocenters. The van der Waals surface area contributed by atoms with E-state index in [1.807, 2.05) is 6.92 Å². The van der Waals surface area contributed by atoms with Crippen molar-refractivity contribution in [2.24, 2.45) is 5.92 Å². The second-order valence-electron chi connectivity index (χ2n) is 10.3. The first kappa shape index (κ1) is 23.6. The Morgan fingerprint density at radius 2 is 1.91 bits per heavy atom. The zero-order valence-corrected chi connectivity index (χ0v) is 21.3. The van der Waals surface area contributed by atoms with Gasteiger partial charge in [-0.1, -0.05) is 37.8 Å². The van der Waals surface area contributed by atoms with Crippen molar-refractivity contribution in [3.8, 4) is 0 Å². The zero-order chi connectivity index (χ0) is 24.4. The molecule has 0 spiro atoms. The molecule has 5 rings (SSSR count). The second-order valence-corrected chi connectivity index (χ2v) is 10.3. The maximum atomic E-state index is 4.71. The van der Waals surface area contributed by atoms with Gasteiger partial charge in [0.1, 0.15) is 16.9 Å². The number of rotatable bonds is 8. The van der Waals surface area contributed by atoms with Gasteiger partial charge in [0.25, 0.3) is 0 Å². The highest BCUT2D eigenvalue weighted by molar-refractivity contribution is 5.93. The number of piperidine rings is 1. The highest BCUT2D eigenvalue weighted by Gasteiger charge is 2.22. The largest absolute Gasteiger partial charge is 0.375 e. The van der Waals surface area contributed by atoms with Crippen molar-refractivity contribution < 1.29 is 0 Å². The van der Waals surface area contributed by atoms with E-state index >= 15 is 0 Å². The van der Waals surface area contributed by atoms with E-state index in [9.17, 15) is 0 Å². The maximum absolute atomic E-state index is 4.71. The van der Waals surface area contributed by atoms with Crippen LogP contribution in [0.1, 0.15) is 43.6 Å². The van der Waals surface area contributed by atoms with E-state index in [0.717, 1.165) is 92.7 Å². The fourth-order valence-corrected chi connectivity index (χ4v) is 5.33. The van der Waals surface area contributed by atoms with Crippen LogP contribution in [0.4, 0.5) is 11.6 Å². The highest BCUT2D eigenvalue weighted by Crippen LogP contribution is 2.27. The summed E-state index contributed by atoms with van der Waals surface area (Å²) in [6, 6.07) is 9.20. The minimum Gasteiger partial charge on any atom is -0.375 e. The van der Waals surface area contributed by atoms with E-state index in [-0.39, 0.29) is 0 Å². The van der Waals surface area contributed by atoms with Crippen LogP contribution in [0.15, 0.2) is 36.5 Å². The number of aromatic amines is 1. The van der Waals surface area contributed by atoms with Crippen molar-refractivity contribution in [1.82, 2.24) is 30.0 Å². The van der Waals surface area contributed by atoms with E-state index < -0.39 is 0 Å². The van der Waals surface area contributed by atoms with Gasteiger partial charge in [0.05, 0.1) is 0 Å². The Hall–Kier alpha value is -3.13. The van der Waals surface area contributed by atoms with Crippen molar-refractivity contribution in [3.63, 3.8) is 0 Å². The number of hydrogen-bond donors (Lipinski definition) is 3. The van der Waals surface area contributed by atoms with E-state index in [0.29, 0.717) is 12.0 Å². The molecule has 3 aromatic rings. The van der Waals surface area contributed by atoms with Crippen LogP contribution in [0.5, 0.6) is 0 Å². The number of nitrogens with one attached hydrogen (secondary N) is 3. The average molecular weight is 475 g/mol. The average Bonchev–Trinajstić information content (AvgIpc) is 3.26. The Kier molecular flexibility index (Phi) is 6.90. The van der Waals surface area contributed by atoms with Crippen LogP contribution in [-0.4, -0.2) is 68.7 Å². The molecule has 1 atom stereocenters. The van der Waals surface area contributed by atoms with Gasteiger partial charge in [-0.2, -0.15) is 5.10 Å². The van der Waals surface area contributed by atoms with E-state index in [1.165, 1.54) is 11.1 Å². The summed E-state index contributed by atoms with van der Waals surface area (Å²) in [5.74, 6) is 2.90. The molecule has 8 heteroatoms. The van der Waals surface area contributed by atoms with Crippen molar-refractivity contribution >= 4 is 22.7 Å². The first-order chi connectivity index (χ1) is 17.0. The molecule has 0 aliphatic carbocycles. The van der Waals surface area contributed by atoms with Gasteiger partial charge in [0.15, 0.2) is 11.6 Å². The fourth-order valence-electron chi connectivity index (χ4n) is 5.33. The topological polar surface area (TPSA) is 85.0 Å². The first-order valence-corrected chi connectivity index (χ1v) is 12.9. The highest BCUT2D eigenvalue weighted by atomic mass is 15.2. The van der Waals surface area contributed by atoms with Gasteiger partial charge in [-0.15, -0.1) is 0 Å². The lowest BCUT2D eigenvalue weighted by molar-refractivity contribution is 0.224. The number of hydrogen-bond acceptors (Lipinski definition) is 7. The number of fused-ring (bicyclic) bond motifs is 2. The van der Waals surface area contributed by atoms with Gasteiger partial charge in [-0.3, -0.25) is 10.00 Å². The third-order valence-electron chi connectivity index (χ3n) is 7.30. The molecule has 186 valence electrons. The standard InChI is InChI=1S/C27H38N8/c1-18(2)35-13-10-23(11-14-35)31-27-25-24(29-20(4)30-27)26(33-32-25)28-15-19(3)16-34-12-9-21-7-5-6-8-22(21)17-34/h5-8,19,23H,1,9-17H2,2-4H3,(H2,28,32,33)(H,29,30,31). The number of anilines is 2. The molecule has 3 N–H and O–H groups in total. The molecule has 1 fully saturated rings. The molecule has 1 aromatic carbocycles. The molecule has 35 heavy (non-hydrogen) atoms. The SMILES string of the molecule is C=C(C)N1CCC(Nc2nc(C)nc3c(NCC(C)CN4CCc5ccccc5C4)n[nH]c23)CC1. The van der Waals surface area contributed by atoms with Crippen LogP contribution < -0.4 is 10.6 Å². The second kappa shape index (κ2) is 10.2. The molecular formula is C27H38N8. The Bertz CT molecular complexity index is 1180. The third-order valence-corrected chi connectivity index (χ3v) is 7.30. The summed E-state index contributed by atoms with van der Waals surface area (Å²) in [5, 5.41) is 14.9. The van der Waals surface area contributed by atoms with Crippen LogP contribution in [0.2, 0.25) is 0 Å². The number of H-pyrrole nitrogens is 1. The molecule has 0 bridgehead atoms. The van der Waals surface area contributed by atoms with Crippen LogP contribution in [0.3, 0.4) is 0 Å². The molecule has 2 aliphatic heterocycles. The zero-order valence-electron chi connectivity index (χ0n) is 21.3. The fraction of sp³-hybridized carbons (Fsp3) is 0.519. The van der Waals surface area contributed by atoms with Gasteiger partial charge >= 0.3 is 0 Å². The Balaban J connectivity index is 1.20. The van der Waals surface area contributed by atoms with Gasteiger partial charge < -0.3 is 15.5 Å². The monoisotopic (exact) mass is 474 g/mol. The molecule has 2 aliphatic rings. The quantitative estimate of drug-likeness (QED) is 0.452. The van der Waals surface area contributed by atoms with Gasteiger partial charge in [-0.25, -0.2) is 9.97 Å². The third kappa shape index (κ3) is 5.42. The summed E-state index contributed by atoms with van der Waals surface area (Å²) in [7, 11) is 0. The normalized spacial score (nSPS) is 17.9. The summed E-state index contributed by atoms with van der Waals surface area (Å²) >= 11 is 0. The number of aromatic nitrogens is 4. The molecule has 2 aromatic heterocycles. The molecule has 4 heterocycles. The lowest BCUT2D eigenvalue weighted by atomic mass is 9.99. The minimum atomic E-state index is 0.387. The maximum Gasteiger partial charge on any atom is 0.174 e. The van der Waals surface area contributed by atoms with Crippen molar-refractivity contribution in [3.05, 3.63) is 53.5 Å². The molecule has 0 saturated carbocycles. The predicted molar refractivity (Wildman–Crippen MR) is 143 cm³/mol. The van der Waals surface area contributed by atoms with Gasteiger partial charge in [0.2, 0.25) is 0 Å². The molecular weight excluding hydrogens is 436 g/mol. The molecule has 8 nitrogen and oxygen atoms in total. The Labute approximate surface area is 208 Å². The van der Waals surface area contributed by atoms with Crippen LogP contribution in [-0.2, 0) is 13.0 Å². The van der Waals surface area contributed by atoms with E-state index in [1.54, 1.807) is 0 Å². The van der Waals surface area contributed by atoms with Crippen LogP contribution in [0, 0.1) is 12.8 Å². The summed E-state index contributed by atoms with van der Waals surface area (Å²) in [5.41, 5.74) is 5.85. The summed E-state index contributed by atoms with van der Waals surface area (Å²) in [6.45, 7) is 16.5. The summed E-state index contributed by atoms with van der Waals surface area (Å²) in [4.78, 5) is 14.3. The number of likely N-dealkylation sites (tertiary alicyclic amines) is 1. The molecule has 1 saturated heterocycles. The van der Waals surface area contributed by atoms with E-state index in [4.69, 9.17) is 9.97 Å². The summed E-state index contributed by atoms with van der Waals surface area (Å²) in [6.07, 6.45) is 3.27. The summed E-state index contributed by atoms with van der Waals surface area (Å²) < 4.78 is 0.